The van der Waals surface area contributed by atoms with Crippen LogP contribution in [0.15, 0.2) is 17.3 Å². The molecule has 1 unspecified atom stereocenters. The minimum atomic E-state index is -0.387. The SMILES string of the molecule is COCCN1CCC(CN(CC2CCCO2)C(=O)c2cnc[nH]c2=O)CC1. The first-order chi connectivity index (χ1) is 13.2. The third kappa shape index (κ3) is 5.60. The molecule has 1 amide bonds. The van der Waals surface area contributed by atoms with Crippen LogP contribution < -0.4 is 5.56 Å². The summed E-state index contributed by atoms with van der Waals surface area (Å²) in [6.45, 7) is 5.68. The molecule has 2 aliphatic heterocycles. The van der Waals surface area contributed by atoms with Gasteiger partial charge < -0.3 is 24.3 Å². The van der Waals surface area contributed by atoms with Gasteiger partial charge in [-0.2, -0.15) is 0 Å². The van der Waals surface area contributed by atoms with E-state index in [1.807, 2.05) is 0 Å². The number of carbonyl (C=O) groups is 1. The minimum Gasteiger partial charge on any atom is -0.383 e. The molecule has 3 heterocycles. The summed E-state index contributed by atoms with van der Waals surface area (Å²) in [6.07, 6.45) is 6.80. The van der Waals surface area contributed by atoms with Gasteiger partial charge in [-0.3, -0.25) is 9.59 Å². The molecule has 1 N–H and O–H groups in total. The third-order valence-electron chi connectivity index (χ3n) is 5.48. The van der Waals surface area contributed by atoms with Crippen molar-refractivity contribution < 1.29 is 14.3 Å². The fourth-order valence-electron chi connectivity index (χ4n) is 3.87. The van der Waals surface area contributed by atoms with Crippen LogP contribution in [0.1, 0.15) is 36.0 Å². The van der Waals surface area contributed by atoms with Gasteiger partial charge in [0.25, 0.3) is 11.5 Å². The van der Waals surface area contributed by atoms with Crippen LogP contribution in [-0.4, -0.2) is 84.8 Å². The highest BCUT2D eigenvalue weighted by atomic mass is 16.5. The first-order valence-electron chi connectivity index (χ1n) is 9.82. The van der Waals surface area contributed by atoms with E-state index in [1.54, 1.807) is 12.0 Å². The van der Waals surface area contributed by atoms with Crippen LogP contribution in [0.25, 0.3) is 0 Å². The molecule has 2 saturated heterocycles. The van der Waals surface area contributed by atoms with E-state index in [9.17, 15) is 9.59 Å². The number of carbonyl (C=O) groups excluding carboxylic acids is 1. The number of H-pyrrole nitrogens is 1. The maximum atomic E-state index is 13.0. The molecule has 0 saturated carbocycles. The van der Waals surface area contributed by atoms with Crippen molar-refractivity contribution in [1.82, 2.24) is 19.8 Å². The van der Waals surface area contributed by atoms with Crippen LogP contribution in [0.3, 0.4) is 0 Å². The van der Waals surface area contributed by atoms with E-state index in [-0.39, 0.29) is 23.1 Å². The summed E-state index contributed by atoms with van der Waals surface area (Å²) in [5.74, 6) is 0.187. The van der Waals surface area contributed by atoms with Crippen LogP contribution >= 0.6 is 0 Å². The Morgan fingerprint density at radius 2 is 2.19 bits per heavy atom. The summed E-state index contributed by atoms with van der Waals surface area (Å²) in [5, 5.41) is 0. The van der Waals surface area contributed by atoms with E-state index in [0.29, 0.717) is 19.0 Å². The van der Waals surface area contributed by atoms with Crippen LogP contribution in [0, 0.1) is 5.92 Å². The van der Waals surface area contributed by atoms with Crippen LogP contribution in [0.2, 0.25) is 0 Å². The molecule has 1 aromatic heterocycles. The molecule has 0 spiro atoms. The Morgan fingerprint density at radius 3 is 2.85 bits per heavy atom. The summed E-state index contributed by atoms with van der Waals surface area (Å²) < 4.78 is 10.9. The predicted octanol–water partition coefficient (Wildman–Crippen LogP) is 0.750. The number of rotatable bonds is 8. The van der Waals surface area contributed by atoms with E-state index in [2.05, 4.69) is 14.9 Å². The topological polar surface area (TPSA) is 87.8 Å². The first kappa shape index (κ1) is 20.0. The Hall–Kier alpha value is -1.77. The fourth-order valence-corrected chi connectivity index (χ4v) is 3.87. The predicted molar refractivity (Wildman–Crippen MR) is 101 cm³/mol. The van der Waals surface area contributed by atoms with Gasteiger partial charge in [-0.25, -0.2) is 4.98 Å². The van der Waals surface area contributed by atoms with Gasteiger partial charge in [-0.15, -0.1) is 0 Å². The van der Waals surface area contributed by atoms with Crippen molar-refractivity contribution in [3.05, 3.63) is 28.4 Å². The normalized spacial score (nSPS) is 21.4. The highest BCUT2D eigenvalue weighted by Gasteiger charge is 2.28. The van der Waals surface area contributed by atoms with Crippen molar-refractivity contribution in [3.63, 3.8) is 0 Å². The van der Waals surface area contributed by atoms with E-state index >= 15 is 0 Å². The van der Waals surface area contributed by atoms with Crippen molar-refractivity contribution >= 4 is 5.91 Å². The maximum absolute atomic E-state index is 13.0. The van der Waals surface area contributed by atoms with Crippen LogP contribution in [0.5, 0.6) is 0 Å². The Labute approximate surface area is 159 Å². The molecule has 0 bridgehead atoms. The zero-order chi connectivity index (χ0) is 19.1. The standard InChI is InChI=1S/C19H30N4O4/c1-26-10-8-22-6-4-15(5-7-22)12-23(13-16-3-2-9-27-16)19(25)17-11-20-14-21-18(17)24/h11,14-16H,2-10,12-13H2,1H3,(H,20,21,24). The second kappa shape index (κ2) is 9.96. The maximum Gasteiger partial charge on any atom is 0.263 e. The molecule has 2 fully saturated rings. The second-order valence-corrected chi connectivity index (χ2v) is 7.42. The van der Waals surface area contributed by atoms with Gasteiger partial charge in [0.2, 0.25) is 0 Å². The van der Waals surface area contributed by atoms with Gasteiger partial charge >= 0.3 is 0 Å². The number of nitrogens with zero attached hydrogens (tertiary/aromatic N) is 3. The number of aromatic amines is 1. The number of nitrogens with one attached hydrogen (secondary N) is 1. The summed E-state index contributed by atoms with van der Waals surface area (Å²) in [5.41, 5.74) is -0.283. The molecular weight excluding hydrogens is 348 g/mol. The van der Waals surface area contributed by atoms with Gasteiger partial charge in [-0.05, 0) is 44.7 Å². The molecule has 3 rings (SSSR count). The van der Waals surface area contributed by atoms with Crippen molar-refractivity contribution in [1.29, 1.82) is 0 Å². The molecule has 0 radical (unpaired) electrons. The Balaban J connectivity index is 1.63. The van der Waals surface area contributed by atoms with Crippen LogP contribution in [-0.2, 0) is 9.47 Å². The van der Waals surface area contributed by atoms with E-state index in [0.717, 1.165) is 58.5 Å². The quantitative estimate of drug-likeness (QED) is 0.718. The number of aromatic nitrogens is 2. The smallest absolute Gasteiger partial charge is 0.263 e. The number of amides is 1. The lowest BCUT2D eigenvalue weighted by atomic mass is 9.95. The Morgan fingerprint density at radius 1 is 1.37 bits per heavy atom. The van der Waals surface area contributed by atoms with Gasteiger partial charge in [0.15, 0.2) is 0 Å². The molecule has 27 heavy (non-hydrogen) atoms. The number of methoxy groups -OCH3 is 1. The van der Waals surface area contributed by atoms with Gasteiger partial charge in [0.05, 0.1) is 19.0 Å². The van der Waals surface area contributed by atoms with Crippen molar-refractivity contribution in [2.45, 2.75) is 31.8 Å². The highest BCUT2D eigenvalue weighted by molar-refractivity contribution is 5.93. The lowest BCUT2D eigenvalue weighted by molar-refractivity contribution is 0.0435. The Bertz CT molecular complexity index is 651. The second-order valence-electron chi connectivity index (χ2n) is 7.42. The summed E-state index contributed by atoms with van der Waals surface area (Å²) in [6, 6.07) is 0. The van der Waals surface area contributed by atoms with Crippen molar-refractivity contribution in [2.24, 2.45) is 5.92 Å². The monoisotopic (exact) mass is 378 g/mol. The molecule has 8 nitrogen and oxygen atoms in total. The van der Waals surface area contributed by atoms with Crippen molar-refractivity contribution in [2.75, 3.05) is 53.0 Å². The molecule has 0 aliphatic carbocycles. The first-order valence-corrected chi connectivity index (χ1v) is 9.82. The van der Waals surface area contributed by atoms with Crippen LogP contribution in [0.4, 0.5) is 0 Å². The van der Waals surface area contributed by atoms with E-state index < -0.39 is 0 Å². The molecule has 0 aromatic carbocycles. The molecule has 1 aromatic rings. The minimum absolute atomic E-state index is 0.0616. The molecular formula is C19H30N4O4. The average Bonchev–Trinajstić information content (AvgIpc) is 3.20. The summed E-state index contributed by atoms with van der Waals surface area (Å²) in [7, 11) is 1.72. The zero-order valence-electron chi connectivity index (χ0n) is 16.1. The molecule has 2 aliphatic rings. The number of hydrogen-bond donors (Lipinski definition) is 1. The van der Waals surface area contributed by atoms with Crippen molar-refractivity contribution in [3.8, 4) is 0 Å². The summed E-state index contributed by atoms with van der Waals surface area (Å²) >= 11 is 0. The van der Waals surface area contributed by atoms with E-state index in [1.165, 1.54) is 12.5 Å². The molecule has 150 valence electrons. The Kier molecular flexibility index (Phi) is 7.37. The van der Waals surface area contributed by atoms with Gasteiger partial charge in [0.1, 0.15) is 5.56 Å². The number of piperidine rings is 1. The van der Waals surface area contributed by atoms with E-state index in [4.69, 9.17) is 9.47 Å². The summed E-state index contributed by atoms with van der Waals surface area (Å²) in [4.78, 5) is 35.7. The van der Waals surface area contributed by atoms with Gasteiger partial charge in [0, 0.05) is 39.5 Å². The lowest BCUT2D eigenvalue weighted by Gasteiger charge is -2.35. The molecule has 1 atom stereocenters. The number of hydrogen-bond acceptors (Lipinski definition) is 6. The fraction of sp³-hybridized carbons (Fsp3) is 0.737. The van der Waals surface area contributed by atoms with Gasteiger partial charge in [-0.1, -0.05) is 0 Å². The average molecular weight is 378 g/mol. The third-order valence-corrected chi connectivity index (χ3v) is 5.48. The number of likely N-dealkylation sites (tertiary alicyclic amines) is 1. The lowest BCUT2D eigenvalue weighted by Crippen LogP contribution is -2.45. The highest BCUT2D eigenvalue weighted by Crippen LogP contribution is 2.21. The zero-order valence-corrected chi connectivity index (χ0v) is 16.1. The number of ether oxygens (including phenoxy) is 2. The largest absolute Gasteiger partial charge is 0.383 e. The molecule has 8 heteroatoms.